The van der Waals surface area contributed by atoms with Gasteiger partial charge >= 0.3 is 0 Å². The Hall–Kier alpha value is -2.85. The average Bonchev–Trinajstić information content (AvgIpc) is 2.91. The third kappa shape index (κ3) is 9.33. The van der Waals surface area contributed by atoms with E-state index >= 15 is 0 Å². The van der Waals surface area contributed by atoms with Crippen molar-refractivity contribution in [2.45, 2.75) is 79.4 Å². The molecule has 1 heterocycles. The smallest absolute Gasteiger partial charge is 0.158 e. The maximum absolute atomic E-state index is 10.5. The van der Waals surface area contributed by atoms with E-state index in [0.29, 0.717) is 12.8 Å². The Bertz CT molecular complexity index is 1510. The summed E-state index contributed by atoms with van der Waals surface area (Å²) in [6, 6.07) is 27.9. The van der Waals surface area contributed by atoms with Crippen LogP contribution in [0.1, 0.15) is 58.6 Å². The molecule has 3 aromatic carbocycles. The van der Waals surface area contributed by atoms with Gasteiger partial charge in [0.15, 0.2) is 5.78 Å². The van der Waals surface area contributed by atoms with Crippen LogP contribution >= 0.6 is 0 Å². The largest absolute Gasteiger partial charge is 0.512 e. The zero-order chi connectivity index (χ0) is 29.7. The number of hydrogen-bond donors (Lipinski definition) is 1. The van der Waals surface area contributed by atoms with E-state index in [-0.39, 0.29) is 37.1 Å². The molecule has 0 unspecified atom stereocenters. The van der Waals surface area contributed by atoms with Crippen LogP contribution in [-0.4, -0.2) is 23.9 Å². The van der Waals surface area contributed by atoms with E-state index in [1.54, 1.807) is 13.8 Å². The summed E-state index contributed by atoms with van der Waals surface area (Å²) in [6.07, 6.45) is 2.27. The van der Waals surface area contributed by atoms with Crippen LogP contribution in [0.25, 0.3) is 33.3 Å². The molecule has 4 aromatic rings. The number of rotatable bonds is 6. The van der Waals surface area contributed by atoms with Crippen molar-refractivity contribution in [2.75, 3.05) is 0 Å². The van der Waals surface area contributed by atoms with E-state index in [1.807, 2.05) is 0 Å². The Morgan fingerprint density at radius 1 is 0.951 bits per heavy atom. The summed E-state index contributed by atoms with van der Waals surface area (Å²) in [5.41, 5.74) is 8.02. The van der Waals surface area contributed by atoms with Crippen molar-refractivity contribution in [3.8, 4) is 22.4 Å². The van der Waals surface area contributed by atoms with Gasteiger partial charge in [0.25, 0.3) is 0 Å². The maximum Gasteiger partial charge on any atom is 0.158 e. The Morgan fingerprint density at radius 3 is 2.17 bits per heavy atom. The minimum Gasteiger partial charge on any atom is -0.512 e. The molecule has 0 spiro atoms. The van der Waals surface area contributed by atoms with Gasteiger partial charge in [-0.2, -0.15) is 0 Å². The van der Waals surface area contributed by atoms with Crippen LogP contribution in [0.15, 0.2) is 78.6 Å². The normalized spacial score (nSPS) is 11.9. The number of benzene rings is 3. The molecule has 1 N–H and O–H groups in total. The Morgan fingerprint density at radius 2 is 1.61 bits per heavy atom. The van der Waals surface area contributed by atoms with Gasteiger partial charge in [-0.1, -0.05) is 115 Å². The number of aromatic nitrogens is 1. The molecule has 1 aromatic heterocycles. The third-order valence-corrected chi connectivity index (χ3v) is 8.97. The molecule has 0 saturated carbocycles. The van der Waals surface area contributed by atoms with Crippen molar-refractivity contribution in [1.82, 2.24) is 4.98 Å². The second kappa shape index (κ2) is 14.4. The van der Waals surface area contributed by atoms with E-state index < -0.39 is 8.07 Å². The van der Waals surface area contributed by atoms with E-state index in [1.165, 1.54) is 33.3 Å². The topological polar surface area (TPSA) is 50.2 Å². The quantitative estimate of drug-likeness (QED) is 0.0928. The van der Waals surface area contributed by atoms with Crippen LogP contribution in [-0.2, 0) is 30.3 Å². The Labute approximate surface area is 261 Å². The number of carbonyl (C=O) groups is 1. The molecule has 0 atom stereocenters. The molecule has 0 aliphatic carbocycles. The summed E-state index contributed by atoms with van der Waals surface area (Å²) >= 11 is 0. The van der Waals surface area contributed by atoms with E-state index in [9.17, 15) is 4.79 Å². The van der Waals surface area contributed by atoms with Crippen LogP contribution in [0.3, 0.4) is 0 Å². The van der Waals surface area contributed by atoms with E-state index in [4.69, 9.17) is 10.1 Å². The average molecular weight is 743 g/mol. The van der Waals surface area contributed by atoms with Crippen LogP contribution in [0.5, 0.6) is 0 Å². The van der Waals surface area contributed by atoms with Gasteiger partial charge in [-0.3, -0.25) is 9.78 Å². The van der Waals surface area contributed by atoms with Gasteiger partial charge in [0, 0.05) is 39.0 Å². The number of pyridine rings is 1. The number of hydrogen-bond acceptors (Lipinski definition) is 3. The Kier molecular flexibility index (Phi) is 12.0. The van der Waals surface area contributed by atoms with E-state index in [0.717, 1.165) is 22.3 Å². The second-order valence-corrected chi connectivity index (χ2v) is 17.5. The SMILES string of the molecule is CCC(=O)/C=C(\O)CC.Cc1[c-]c(-c2nc3ccc([Si](C)(C)C)cc3cc2-c2ccccc2)cc(C(C)(C)C)c1.[Ir]. The predicted octanol–water partition coefficient (Wildman–Crippen LogP) is 9.34. The first-order chi connectivity index (χ1) is 18.7. The van der Waals surface area contributed by atoms with Crippen molar-refractivity contribution >= 4 is 29.9 Å². The number of aliphatic hydroxyl groups is 1. The van der Waals surface area contributed by atoms with Gasteiger partial charge in [-0.25, -0.2) is 0 Å². The number of nitrogens with zero attached hydrogens (tertiary/aromatic N) is 1. The summed E-state index contributed by atoms with van der Waals surface area (Å²) in [5, 5.41) is 11.5. The third-order valence-electron chi connectivity index (χ3n) is 6.93. The van der Waals surface area contributed by atoms with Crippen molar-refractivity contribution in [3.63, 3.8) is 0 Å². The summed E-state index contributed by atoms with van der Waals surface area (Å²) in [4.78, 5) is 15.7. The summed E-state index contributed by atoms with van der Waals surface area (Å²) in [5.74, 6) is 0.149. The number of aliphatic hydroxyl groups excluding tert-OH is 1. The fourth-order valence-corrected chi connectivity index (χ4v) is 5.52. The molecule has 0 bridgehead atoms. The number of ketones is 1. The molecule has 5 heteroatoms. The number of carbonyl (C=O) groups excluding carboxylic acids is 1. The molecular formula is C36H44IrNO2Si-. The minimum absolute atomic E-state index is 0. The standard InChI is InChI=1S/C29H32NSi.C7H12O2.Ir/c1-20-15-23(17-24(16-20)29(2,3)4)28-26(21-11-9-8-10-12-21)19-22-18-25(31(5,6)7)13-14-27(22)30-28;1-3-6(8)5-7(9)4-2;/h8-14,16-19H,1-7H3;5,8H,3-4H2,1-2H3;/q-1;;/b;6-5-;. The van der Waals surface area contributed by atoms with Gasteiger partial charge in [-0.05, 0) is 33.7 Å². The molecule has 0 fully saturated rings. The summed E-state index contributed by atoms with van der Waals surface area (Å²) < 4.78 is 0. The van der Waals surface area contributed by atoms with Crippen LogP contribution in [0.4, 0.5) is 0 Å². The summed E-state index contributed by atoms with van der Waals surface area (Å²) in [7, 11) is -1.39. The first-order valence-electron chi connectivity index (χ1n) is 14.2. The maximum atomic E-state index is 10.5. The van der Waals surface area contributed by atoms with E-state index in [2.05, 4.69) is 120 Å². The van der Waals surface area contributed by atoms with Crippen molar-refractivity contribution in [1.29, 1.82) is 0 Å². The molecule has 3 nitrogen and oxygen atoms in total. The van der Waals surface area contributed by atoms with Crippen molar-refractivity contribution < 1.29 is 30.0 Å². The fourth-order valence-electron chi connectivity index (χ4n) is 4.35. The molecule has 0 aliphatic heterocycles. The zero-order valence-electron chi connectivity index (χ0n) is 26.0. The van der Waals surface area contributed by atoms with Gasteiger partial charge in [0.2, 0.25) is 0 Å². The van der Waals surface area contributed by atoms with Gasteiger partial charge in [-0.15, -0.1) is 34.9 Å². The predicted molar refractivity (Wildman–Crippen MR) is 174 cm³/mol. The monoisotopic (exact) mass is 743 g/mol. The fraction of sp³-hybridized carbons (Fsp3) is 0.333. The Balaban J connectivity index is 0.000000511. The number of allylic oxidation sites excluding steroid dienone is 2. The molecule has 0 amide bonds. The van der Waals surface area contributed by atoms with Crippen molar-refractivity contribution in [2.24, 2.45) is 0 Å². The number of aryl methyl sites for hydroxylation is 1. The van der Waals surface area contributed by atoms with Crippen LogP contribution < -0.4 is 5.19 Å². The van der Waals surface area contributed by atoms with Gasteiger partial charge < -0.3 is 5.11 Å². The molecule has 41 heavy (non-hydrogen) atoms. The van der Waals surface area contributed by atoms with Crippen molar-refractivity contribution in [3.05, 3.63) is 95.8 Å². The molecule has 0 saturated heterocycles. The summed E-state index contributed by atoms with van der Waals surface area (Å²) in [6.45, 7) is 19.6. The number of fused-ring (bicyclic) bond motifs is 1. The second-order valence-electron chi connectivity index (χ2n) is 12.4. The molecule has 1 radical (unpaired) electrons. The van der Waals surface area contributed by atoms with Gasteiger partial charge in [0.05, 0.1) is 19.3 Å². The first-order valence-corrected chi connectivity index (χ1v) is 17.7. The minimum atomic E-state index is -1.39. The van der Waals surface area contributed by atoms with Crippen LogP contribution in [0, 0.1) is 13.0 Å². The zero-order valence-corrected chi connectivity index (χ0v) is 29.4. The molecule has 219 valence electrons. The molecule has 4 rings (SSSR count). The molecular weight excluding hydrogens is 699 g/mol. The van der Waals surface area contributed by atoms with Crippen LogP contribution in [0.2, 0.25) is 19.6 Å². The van der Waals surface area contributed by atoms with Gasteiger partial charge in [0.1, 0.15) is 0 Å². The first kappa shape index (κ1) is 34.3. The molecule has 0 aliphatic rings.